The SMILES string of the molecule is CC1(NCc2ccc3c(c2F)C(=O)N(C2CCC(=O)NC2=O)C3=O)CCN(c2cnc3c(-c4cccc(Cl)c4Cl)n[nH]c3n2)CC1. The van der Waals surface area contributed by atoms with Gasteiger partial charge in [-0.25, -0.2) is 14.4 Å². The van der Waals surface area contributed by atoms with Gasteiger partial charge in [0.1, 0.15) is 28.9 Å². The molecular weight excluding hydrogens is 638 g/mol. The topological polar surface area (TPSA) is 153 Å². The van der Waals surface area contributed by atoms with Crippen LogP contribution in [0.1, 0.15) is 58.9 Å². The highest BCUT2D eigenvalue weighted by atomic mass is 35.5. The third-order valence-corrected chi connectivity index (χ3v) is 9.81. The number of carbonyl (C=O) groups is 4. The van der Waals surface area contributed by atoms with Gasteiger partial charge in [0, 0.05) is 42.7 Å². The molecule has 5 heterocycles. The summed E-state index contributed by atoms with van der Waals surface area (Å²) in [6, 6.07) is 7.07. The Morgan fingerprint density at radius 2 is 1.85 bits per heavy atom. The van der Waals surface area contributed by atoms with E-state index in [2.05, 4.69) is 37.6 Å². The van der Waals surface area contributed by atoms with Crippen LogP contribution in [0.4, 0.5) is 10.2 Å². The van der Waals surface area contributed by atoms with Crippen molar-refractivity contribution in [3.05, 3.63) is 69.1 Å². The van der Waals surface area contributed by atoms with Crippen molar-refractivity contribution in [1.29, 1.82) is 0 Å². The monoisotopic (exact) mass is 664 g/mol. The zero-order chi connectivity index (χ0) is 32.3. The number of fused-ring (bicyclic) bond motifs is 2. The minimum Gasteiger partial charge on any atom is -0.355 e. The summed E-state index contributed by atoms with van der Waals surface area (Å²) >= 11 is 12.6. The Labute approximate surface area is 271 Å². The molecule has 0 saturated carbocycles. The largest absolute Gasteiger partial charge is 0.355 e. The molecule has 0 bridgehead atoms. The average Bonchev–Trinajstić information content (AvgIpc) is 3.56. The van der Waals surface area contributed by atoms with Crippen LogP contribution in [0.15, 0.2) is 36.5 Å². The number of hydrogen-bond donors (Lipinski definition) is 3. The minimum atomic E-state index is -1.16. The molecule has 1 unspecified atom stereocenters. The Morgan fingerprint density at radius 3 is 2.61 bits per heavy atom. The number of aromatic nitrogens is 4. The van der Waals surface area contributed by atoms with E-state index in [1.807, 2.05) is 6.07 Å². The molecule has 0 aliphatic carbocycles. The first-order valence-corrected chi connectivity index (χ1v) is 15.5. The molecule has 2 aromatic heterocycles. The fourth-order valence-corrected chi connectivity index (χ4v) is 6.62. The first-order valence-electron chi connectivity index (χ1n) is 14.7. The molecule has 2 fully saturated rings. The predicted octanol–water partition coefficient (Wildman–Crippen LogP) is 4.02. The summed E-state index contributed by atoms with van der Waals surface area (Å²) in [5, 5.41) is 13.7. The van der Waals surface area contributed by atoms with E-state index in [0.29, 0.717) is 64.2 Å². The molecule has 0 radical (unpaired) electrons. The Kier molecular flexibility index (Phi) is 7.49. The lowest BCUT2D eigenvalue weighted by Crippen LogP contribution is -2.54. The van der Waals surface area contributed by atoms with Crippen LogP contribution in [0.3, 0.4) is 0 Å². The number of carbonyl (C=O) groups excluding carboxylic acids is 4. The number of aromatic amines is 1. The molecule has 1 atom stereocenters. The van der Waals surface area contributed by atoms with Gasteiger partial charge in [0.15, 0.2) is 5.65 Å². The van der Waals surface area contributed by atoms with Gasteiger partial charge in [0.25, 0.3) is 11.8 Å². The van der Waals surface area contributed by atoms with E-state index in [4.69, 9.17) is 28.2 Å². The van der Waals surface area contributed by atoms with Crippen LogP contribution in [0.2, 0.25) is 10.0 Å². The fraction of sp³-hybridized carbons (Fsp3) is 0.323. The number of nitrogens with one attached hydrogen (secondary N) is 3. The summed E-state index contributed by atoms with van der Waals surface area (Å²) in [4.78, 5) is 62.3. The van der Waals surface area contributed by atoms with Crippen molar-refractivity contribution in [3.8, 4) is 11.3 Å². The van der Waals surface area contributed by atoms with Crippen molar-refractivity contribution in [1.82, 2.24) is 35.7 Å². The molecule has 4 aromatic rings. The van der Waals surface area contributed by atoms with Gasteiger partial charge in [-0.15, -0.1) is 0 Å². The van der Waals surface area contributed by atoms with E-state index in [0.717, 1.165) is 4.90 Å². The number of H-pyrrole nitrogens is 1. The van der Waals surface area contributed by atoms with Gasteiger partial charge >= 0.3 is 0 Å². The highest BCUT2D eigenvalue weighted by molar-refractivity contribution is 6.43. The van der Waals surface area contributed by atoms with E-state index in [-0.39, 0.29) is 41.6 Å². The first kappa shape index (κ1) is 30.2. The quantitative estimate of drug-likeness (QED) is 0.259. The van der Waals surface area contributed by atoms with Gasteiger partial charge in [-0.3, -0.25) is 34.5 Å². The molecule has 3 aliphatic rings. The summed E-state index contributed by atoms with van der Waals surface area (Å²) in [5.41, 5.74) is 1.77. The third-order valence-electron chi connectivity index (χ3n) is 8.99. The summed E-state index contributed by atoms with van der Waals surface area (Å²) in [7, 11) is 0. The number of nitrogens with zero attached hydrogens (tertiary/aromatic N) is 5. The highest BCUT2D eigenvalue weighted by Gasteiger charge is 2.46. The molecule has 46 heavy (non-hydrogen) atoms. The van der Waals surface area contributed by atoms with Crippen LogP contribution < -0.4 is 15.5 Å². The number of imide groups is 2. The summed E-state index contributed by atoms with van der Waals surface area (Å²) < 4.78 is 15.7. The Balaban J connectivity index is 1.01. The van der Waals surface area contributed by atoms with Gasteiger partial charge in [0.2, 0.25) is 11.8 Å². The highest BCUT2D eigenvalue weighted by Crippen LogP contribution is 2.36. The van der Waals surface area contributed by atoms with Crippen molar-refractivity contribution in [3.63, 3.8) is 0 Å². The molecule has 15 heteroatoms. The van der Waals surface area contributed by atoms with E-state index < -0.39 is 35.5 Å². The van der Waals surface area contributed by atoms with Gasteiger partial charge in [0.05, 0.1) is 27.4 Å². The third kappa shape index (κ3) is 5.08. The molecule has 236 valence electrons. The van der Waals surface area contributed by atoms with Crippen LogP contribution in [0, 0.1) is 5.82 Å². The standard InChI is InChI=1S/C31H27Cl2FN8O4/c1-31(36-13-15-5-6-16-22(24(15)34)30(46)42(29(16)45)19-7-8-21(43)38-28(19)44)9-11-41(12-10-31)20-14-35-26-25(39-40-27(26)37-20)17-3-2-4-18(32)23(17)33/h2-6,14,19,36H,7-13H2,1H3,(H,37,39,40)(H,38,43,44). The first-order chi connectivity index (χ1) is 22.0. The molecule has 4 amide bonds. The van der Waals surface area contributed by atoms with Crippen molar-refractivity contribution >= 4 is 63.8 Å². The van der Waals surface area contributed by atoms with E-state index >= 15 is 4.39 Å². The second kappa shape index (κ2) is 11.4. The van der Waals surface area contributed by atoms with Crippen LogP contribution in [0.5, 0.6) is 0 Å². The summed E-state index contributed by atoms with van der Waals surface area (Å²) in [6.07, 6.45) is 3.12. The summed E-state index contributed by atoms with van der Waals surface area (Å²) in [5.74, 6) is -2.93. The van der Waals surface area contributed by atoms with Crippen LogP contribution >= 0.6 is 23.2 Å². The molecule has 2 aromatic carbocycles. The van der Waals surface area contributed by atoms with Gasteiger partial charge < -0.3 is 10.2 Å². The lowest BCUT2D eigenvalue weighted by molar-refractivity contribution is -0.136. The number of rotatable bonds is 6. The van der Waals surface area contributed by atoms with Crippen molar-refractivity contribution in [2.45, 2.75) is 50.7 Å². The Morgan fingerprint density at radius 1 is 1.07 bits per heavy atom. The molecule has 7 rings (SSSR count). The molecule has 0 spiro atoms. The maximum absolute atomic E-state index is 15.7. The zero-order valence-corrected chi connectivity index (χ0v) is 26.0. The Hall–Kier alpha value is -4.46. The van der Waals surface area contributed by atoms with Crippen LogP contribution in [-0.2, 0) is 16.1 Å². The number of anilines is 1. The van der Waals surface area contributed by atoms with Crippen molar-refractivity contribution in [2.24, 2.45) is 0 Å². The number of benzene rings is 2. The maximum atomic E-state index is 15.7. The second-order valence-electron chi connectivity index (χ2n) is 11.9. The lowest BCUT2D eigenvalue weighted by atomic mass is 9.89. The number of piperidine rings is 2. The van der Waals surface area contributed by atoms with Gasteiger partial charge in [-0.1, -0.05) is 41.4 Å². The average molecular weight is 666 g/mol. The normalized spacial score (nSPS) is 19.6. The summed E-state index contributed by atoms with van der Waals surface area (Å²) in [6.45, 7) is 3.50. The van der Waals surface area contributed by atoms with E-state index in [9.17, 15) is 19.2 Å². The molecule has 2 saturated heterocycles. The van der Waals surface area contributed by atoms with Crippen molar-refractivity contribution in [2.75, 3.05) is 18.0 Å². The van der Waals surface area contributed by atoms with Crippen LogP contribution in [0.25, 0.3) is 22.4 Å². The maximum Gasteiger partial charge on any atom is 0.265 e. The number of hydrogen-bond acceptors (Lipinski definition) is 9. The molecular formula is C31H27Cl2FN8O4. The molecule has 3 aliphatic heterocycles. The zero-order valence-electron chi connectivity index (χ0n) is 24.5. The molecule has 12 nitrogen and oxygen atoms in total. The number of halogens is 3. The number of amides is 4. The van der Waals surface area contributed by atoms with Crippen molar-refractivity contribution < 1.29 is 23.6 Å². The predicted molar refractivity (Wildman–Crippen MR) is 167 cm³/mol. The van der Waals surface area contributed by atoms with E-state index in [1.165, 1.54) is 12.1 Å². The minimum absolute atomic E-state index is 0.00177. The molecule has 3 N–H and O–H groups in total. The van der Waals surface area contributed by atoms with E-state index in [1.54, 1.807) is 18.3 Å². The fourth-order valence-electron chi connectivity index (χ4n) is 6.23. The second-order valence-corrected chi connectivity index (χ2v) is 12.7. The van der Waals surface area contributed by atoms with Crippen LogP contribution in [-0.4, -0.2) is 73.4 Å². The lowest BCUT2D eigenvalue weighted by Gasteiger charge is -2.40. The Bertz CT molecular complexity index is 1960. The van der Waals surface area contributed by atoms with Gasteiger partial charge in [-0.05, 0) is 38.3 Å². The van der Waals surface area contributed by atoms with Gasteiger partial charge in [-0.2, -0.15) is 5.10 Å². The smallest absolute Gasteiger partial charge is 0.265 e.